The summed E-state index contributed by atoms with van der Waals surface area (Å²) in [5.41, 5.74) is 1.34. The van der Waals surface area contributed by atoms with Gasteiger partial charge in [0.25, 0.3) is 0 Å². The molecule has 0 aromatic carbocycles. The lowest BCUT2D eigenvalue weighted by molar-refractivity contribution is 0.607. The van der Waals surface area contributed by atoms with Crippen LogP contribution in [0.15, 0.2) is 18.3 Å². The third kappa shape index (κ3) is 2.87. The molecule has 0 bridgehead atoms. The second kappa shape index (κ2) is 3.10. The molecule has 66 valence electrons. The number of nitrogens with zero attached hydrogens (tertiary/aromatic N) is 1. The molecule has 0 aliphatic rings. The first-order chi connectivity index (χ1) is 5.47. The average Bonchev–Trinajstić information content (AvgIpc) is 1.91. The highest BCUT2D eigenvalue weighted by Crippen LogP contribution is 2.06. The number of nitrogens with one attached hydrogen (secondary N) is 1. The summed E-state index contributed by atoms with van der Waals surface area (Å²) >= 11 is 0. The zero-order chi connectivity index (χ0) is 9.19. The van der Waals surface area contributed by atoms with Gasteiger partial charge in [-0.25, -0.2) is 8.42 Å². The third-order valence-corrected chi connectivity index (χ3v) is 1.82. The number of sulfonamides is 1. The molecule has 0 saturated carbocycles. The second-order valence-corrected chi connectivity index (χ2v) is 4.31. The molecule has 0 spiro atoms. The summed E-state index contributed by atoms with van der Waals surface area (Å²) in [6.07, 6.45) is 2.59. The van der Waals surface area contributed by atoms with Gasteiger partial charge in [0.15, 0.2) is 0 Å². The van der Waals surface area contributed by atoms with Gasteiger partial charge in [-0.05, 0) is 19.1 Å². The largest absolute Gasteiger partial charge is 0.282 e. The molecule has 0 saturated heterocycles. The summed E-state index contributed by atoms with van der Waals surface area (Å²) in [5, 5.41) is 0. The lowest BCUT2D eigenvalue weighted by Crippen LogP contribution is -2.09. The van der Waals surface area contributed by atoms with Gasteiger partial charge >= 0.3 is 0 Å². The number of aromatic nitrogens is 1. The smallest absolute Gasteiger partial charge is 0.229 e. The van der Waals surface area contributed by atoms with E-state index in [2.05, 4.69) is 9.71 Å². The first-order valence-electron chi connectivity index (χ1n) is 3.38. The lowest BCUT2D eigenvalue weighted by atomic mass is 10.4. The SMILES string of the molecule is Cc1ccc(NS(C)(=O)=O)cn1. The first kappa shape index (κ1) is 8.99. The van der Waals surface area contributed by atoms with E-state index < -0.39 is 10.0 Å². The van der Waals surface area contributed by atoms with E-state index >= 15 is 0 Å². The van der Waals surface area contributed by atoms with Crippen LogP contribution < -0.4 is 4.72 Å². The standard InChI is InChI=1S/C7H10N2O2S/c1-6-3-4-7(5-8-6)9-12(2,10)11/h3-5,9H,1-2H3. The van der Waals surface area contributed by atoms with E-state index in [1.54, 1.807) is 12.1 Å². The Morgan fingerprint density at radius 1 is 1.42 bits per heavy atom. The predicted molar refractivity (Wildman–Crippen MR) is 47.4 cm³/mol. The Bertz CT molecular complexity index is 355. The molecule has 0 aliphatic heterocycles. The van der Waals surface area contributed by atoms with Crippen molar-refractivity contribution in [2.45, 2.75) is 6.92 Å². The fourth-order valence-electron chi connectivity index (χ4n) is 0.742. The van der Waals surface area contributed by atoms with Gasteiger partial charge < -0.3 is 0 Å². The Labute approximate surface area is 71.7 Å². The Kier molecular flexibility index (Phi) is 2.32. The van der Waals surface area contributed by atoms with E-state index in [1.807, 2.05) is 6.92 Å². The first-order valence-corrected chi connectivity index (χ1v) is 5.27. The molecule has 0 radical (unpaired) electrons. The molecule has 0 fully saturated rings. The van der Waals surface area contributed by atoms with Crippen LogP contribution in [0.5, 0.6) is 0 Å². The van der Waals surface area contributed by atoms with Crippen molar-refractivity contribution >= 4 is 15.7 Å². The van der Waals surface area contributed by atoms with Gasteiger partial charge in [0.1, 0.15) is 0 Å². The summed E-state index contributed by atoms with van der Waals surface area (Å²) in [6, 6.07) is 3.41. The van der Waals surface area contributed by atoms with Crippen molar-refractivity contribution in [3.63, 3.8) is 0 Å². The minimum atomic E-state index is -3.18. The van der Waals surface area contributed by atoms with E-state index in [1.165, 1.54) is 6.20 Å². The molecule has 0 amide bonds. The zero-order valence-electron chi connectivity index (χ0n) is 6.90. The highest BCUT2D eigenvalue weighted by atomic mass is 32.2. The van der Waals surface area contributed by atoms with Crippen LogP contribution in [0.2, 0.25) is 0 Å². The average molecular weight is 186 g/mol. The van der Waals surface area contributed by atoms with E-state index in [0.717, 1.165) is 11.9 Å². The maximum atomic E-state index is 10.7. The second-order valence-electron chi connectivity index (χ2n) is 2.56. The maximum Gasteiger partial charge on any atom is 0.229 e. The number of hydrogen-bond acceptors (Lipinski definition) is 3. The molecule has 0 unspecified atom stereocenters. The molecule has 1 rings (SSSR count). The summed E-state index contributed by atoms with van der Waals surface area (Å²) < 4.78 is 23.8. The lowest BCUT2D eigenvalue weighted by Gasteiger charge is -2.01. The van der Waals surface area contributed by atoms with Crippen LogP contribution in [-0.4, -0.2) is 19.7 Å². The van der Waals surface area contributed by atoms with Gasteiger partial charge in [-0.3, -0.25) is 9.71 Å². The Morgan fingerprint density at radius 3 is 2.50 bits per heavy atom. The molecule has 1 N–H and O–H groups in total. The molecular formula is C7H10N2O2S. The van der Waals surface area contributed by atoms with E-state index in [4.69, 9.17) is 0 Å². The van der Waals surface area contributed by atoms with Crippen LogP contribution >= 0.6 is 0 Å². The zero-order valence-corrected chi connectivity index (χ0v) is 7.72. The van der Waals surface area contributed by atoms with Crippen molar-refractivity contribution in [3.05, 3.63) is 24.0 Å². The molecular weight excluding hydrogens is 176 g/mol. The maximum absolute atomic E-state index is 10.7. The quantitative estimate of drug-likeness (QED) is 0.741. The van der Waals surface area contributed by atoms with Crippen molar-refractivity contribution in [2.75, 3.05) is 11.0 Å². The van der Waals surface area contributed by atoms with Gasteiger partial charge in [-0.2, -0.15) is 0 Å². The van der Waals surface area contributed by atoms with Crippen molar-refractivity contribution in [2.24, 2.45) is 0 Å². The fourth-order valence-corrected chi connectivity index (χ4v) is 1.29. The summed E-state index contributed by atoms with van der Waals surface area (Å²) in [5.74, 6) is 0. The summed E-state index contributed by atoms with van der Waals surface area (Å²) in [4.78, 5) is 3.94. The Balaban J connectivity index is 2.85. The summed E-state index contributed by atoms with van der Waals surface area (Å²) in [6.45, 7) is 1.84. The molecule has 0 atom stereocenters. The van der Waals surface area contributed by atoms with Crippen LogP contribution in [-0.2, 0) is 10.0 Å². The molecule has 1 heterocycles. The topological polar surface area (TPSA) is 59.1 Å². The summed E-state index contributed by atoms with van der Waals surface area (Å²) in [7, 11) is -3.18. The monoisotopic (exact) mass is 186 g/mol. The molecule has 0 aliphatic carbocycles. The fraction of sp³-hybridized carbons (Fsp3) is 0.286. The number of aryl methyl sites for hydroxylation is 1. The van der Waals surface area contributed by atoms with E-state index in [9.17, 15) is 8.42 Å². The van der Waals surface area contributed by atoms with Crippen molar-refractivity contribution in [1.29, 1.82) is 0 Å². The third-order valence-electron chi connectivity index (χ3n) is 1.21. The van der Waals surface area contributed by atoms with E-state index in [0.29, 0.717) is 5.69 Å². The van der Waals surface area contributed by atoms with E-state index in [-0.39, 0.29) is 0 Å². The number of pyridine rings is 1. The van der Waals surface area contributed by atoms with Gasteiger partial charge in [-0.1, -0.05) is 0 Å². The van der Waals surface area contributed by atoms with Gasteiger partial charge in [-0.15, -0.1) is 0 Å². The number of anilines is 1. The molecule has 4 nitrogen and oxygen atoms in total. The predicted octanol–water partition coefficient (Wildman–Crippen LogP) is 0.762. The number of hydrogen-bond donors (Lipinski definition) is 1. The van der Waals surface area contributed by atoms with Crippen molar-refractivity contribution in [1.82, 2.24) is 4.98 Å². The van der Waals surface area contributed by atoms with Crippen LogP contribution in [0, 0.1) is 6.92 Å². The molecule has 12 heavy (non-hydrogen) atoms. The normalized spacial score (nSPS) is 11.2. The highest BCUT2D eigenvalue weighted by molar-refractivity contribution is 7.92. The van der Waals surface area contributed by atoms with Crippen molar-refractivity contribution in [3.8, 4) is 0 Å². The van der Waals surface area contributed by atoms with Crippen LogP contribution in [0.4, 0.5) is 5.69 Å². The molecule has 1 aromatic rings. The minimum absolute atomic E-state index is 0.489. The molecule has 5 heteroatoms. The number of rotatable bonds is 2. The minimum Gasteiger partial charge on any atom is -0.282 e. The highest BCUT2D eigenvalue weighted by Gasteiger charge is 2.00. The van der Waals surface area contributed by atoms with Gasteiger partial charge in [0.2, 0.25) is 10.0 Å². The Hall–Kier alpha value is -1.10. The van der Waals surface area contributed by atoms with Crippen LogP contribution in [0.1, 0.15) is 5.69 Å². The Morgan fingerprint density at radius 2 is 2.08 bits per heavy atom. The van der Waals surface area contributed by atoms with Crippen molar-refractivity contribution < 1.29 is 8.42 Å². The van der Waals surface area contributed by atoms with Crippen LogP contribution in [0.3, 0.4) is 0 Å². The van der Waals surface area contributed by atoms with Crippen LogP contribution in [0.25, 0.3) is 0 Å². The van der Waals surface area contributed by atoms with Gasteiger partial charge in [0.05, 0.1) is 18.1 Å². The molecule has 1 aromatic heterocycles. The van der Waals surface area contributed by atoms with Gasteiger partial charge in [0, 0.05) is 5.69 Å².